The highest BCUT2D eigenvalue weighted by Gasteiger charge is 2.30. The number of hydrogen-bond donors (Lipinski definition) is 2. The first-order chi connectivity index (χ1) is 9.48. The molecule has 1 amide bonds. The number of hydrogen-bond acceptors (Lipinski definition) is 4. The standard InChI is InChI=1S/C15H29N3OS/c1-15(2)8-13(10-20-11-15)17-12-4-6-18(7-5-12)9-14(19)16-3/h12-13,17H,4-11H2,1-3H3,(H,16,19). The van der Waals surface area contributed by atoms with Gasteiger partial charge in [0.2, 0.25) is 5.91 Å². The summed E-state index contributed by atoms with van der Waals surface area (Å²) >= 11 is 2.08. The first kappa shape index (κ1) is 16.1. The second-order valence-electron chi connectivity index (χ2n) is 6.97. The SMILES string of the molecule is CNC(=O)CN1CCC(NC2CSCC(C)(C)C2)CC1. The molecule has 1 unspecified atom stereocenters. The maximum Gasteiger partial charge on any atom is 0.233 e. The molecule has 2 N–H and O–H groups in total. The van der Waals surface area contributed by atoms with Gasteiger partial charge in [-0.1, -0.05) is 13.8 Å². The monoisotopic (exact) mass is 299 g/mol. The van der Waals surface area contributed by atoms with Gasteiger partial charge in [-0.05, 0) is 30.4 Å². The second kappa shape index (κ2) is 7.14. The lowest BCUT2D eigenvalue weighted by Crippen LogP contribution is -2.50. The van der Waals surface area contributed by atoms with Gasteiger partial charge in [-0.3, -0.25) is 9.69 Å². The van der Waals surface area contributed by atoms with Gasteiger partial charge in [0.1, 0.15) is 0 Å². The van der Waals surface area contributed by atoms with E-state index >= 15 is 0 Å². The Bertz CT molecular complexity index is 327. The van der Waals surface area contributed by atoms with E-state index in [1.54, 1.807) is 7.05 Å². The molecule has 0 aromatic carbocycles. The first-order valence-electron chi connectivity index (χ1n) is 7.75. The maximum absolute atomic E-state index is 11.4. The second-order valence-corrected chi connectivity index (χ2v) is 8.00. The topological polar surface area (TPSA) is 44.4 Å². The highest BCUT2D eigenvalue weighted by molar-refractivity contribution is 7.99. The smallest absolute Gasteiger partial charge is 0.233 e. The molecule has 2 aliphatic rings. The van der Waals surface area contributed by atoms with E-state index in [4.69, 9.17) is 0 Å². The summed E-state index contributed by atoms with van der Waals surface area (Å²) in [5.74, 6) is 2.67. The Morgan fingerprint density at radius 3 is 2.60 bits per heavy atom. The molecule has 0 aromatic rings. The van der Waals surface area contributed by atoms with Crippen LogP contribution in [0.15, 0.2) is 0 Å². The molecule has 0 spiro atoms. The molecule has 116 valence electrons. The average molecular weight is 299 g/mol. The quantitative estimate of drug-likeness (QED) is 0.822. The summed E-state index contributed by atoms with van der Waals surface area (Å²) in [7, 11) is 1.71. The van der Waals surface area contributed by atoms with Gasteiger partial charge >= 0.3 is 0 Å². The number of carbonyl (C=O) groups excluding carboxylic acids is 1. The Morgan fingerprint density at radius 2 is 2.00 bits per heavy atom. The molecule has 0 radical (unpaired) electrons. The van der Waals surface area contributed by atoms with Gasteiger partial charge in [0.15, 0.2) is 0 Å². The van der Waals surface area contributed by atoms with Gasteiger partial charge in [-0.2, -0.15) is 11.8 Å². The minimum atomic E-state index is 0.127. The molecular weight excluding hydrogens is 270 g/mol. The van der Waals surface area contributed by atoms with Crippen molar-refractivity contribution in [1.82, 2.24) is 15.5 Å². The normalized spacial score (nSPS) is 28.2. The van der Waals surface area contributed by atoms with E-state index in [0.29, 0.717) is 24.0 Å². The summed E-state index contributed by atoms with van der Waals surface area (Å²) in [6, 6.07) is 1.30. The van der Waals surface area contributed by atoms with E-state index in [-0.39, 0.29) is 5.91 Å². The highest BCUT2D eigenvalue weighted by Crippen LogP contribution is 2.33. The van der Waals surface area contributed by atoms with Crippen molar-refractivity contribution in [3.63, 3.8) is 0 Å². The van der Waals surface area contributed by atoms with Crippen LogP contribution in [-0.2, 0) is 4.79 Å². The van der Waals surface area contributed by atoms with E-state index in [0.717, 1.165) is 13.1 Å². The van der Waals surface area contributed by atoms with Crippen LogP contribution in [-0.4, -0.2) is 61.1 Å². The van der Waals surface area contributed by atoms with Crippen molar-refractivity contribution < 1.29 is 4.79 Å². The number of carbonyl (C=O) groups is 1. The van der Waals surface area contributed by atoms with Crippen molar-refractivity contribution in [3.05, 3.63) is 0 Å². The Labute approximate surface area is 127 Å². The molecule has 2 rings (SSSR count). The van der Waals surface area contributed by atoms with Crippen molar-refractivity contribution in [2.45, 2.75) is 45.2 Å². The lowest BCUT2D eigenvalue weighted by atomic mass is 9.87. The van der Waals surface area contributed by atoms with Crippen LogP contribution in [0.3, 0.4) is 0 Å². The molecule has 0 bridgehead atoms. The first-order valence-corrected chi connectivity index (χ1v) is 8.91. The van der Waals surface area contributed by atoms with Crippen LogP contribution in [0.5, 0.6) is 0 Å². The summed E-state index contributed by atoms with van der Waals surface area (Å²) in [6.45, 7) is 7.37. The predicted octanol–water partition coefficient (Wildman–Crippen LogP) is 1.32. The molecule has 2 saturated heterocycles. The molecule has 5 heteroatoms. The van der Waals surface area contributed by atoms with Gasteiger partial charge < -0.3 is 10.6 Å². The largest absolute Gasteiger partial charge is 0.358 e. The summed E-state index contributed by atoms with van der Waals surface area (Å²) in [5.41, 5.74) is 0.473. The van der Waals surface area contributed by atoms with Crippen molar-refractivity contribution in [3.8, 4) is 0 Å². The number of amides is 1. The molecule has 0 aliphatic carbocycles. The Kier molecular flexibility index (Phi) is 5.75. The molecular formula is C15H29N3OS. The summed E-state index contributed by atoms with van der Waals surface area (Å²) in [5, 5.41) is 6.55. The van der Waals surface area contributed by atoms with Gasteiger partial charge in [0, 0.05) is 38.0 Å². The van der Waals surface area contributed by atoms with Gasteiger partial charge in [-0.25, -0.2) is 0 Å². The van der Waals surface area contributed by atoms with Crippen LogP contribution in [0.2, 0.25) is 0 Å². The van der Waals surface area contributed by atoms with Crippen molar-refractivity contribution in [2.24, 2.45) is 5.41 Å². The lowest BCUT2D eigenvalue weighted by Gasteiger charge is -2.39. The van der Waals surface area contributed by atoms with E-state index in [1.165, 1.54) is 30.8 Å². The van der Waals surface area contributed by atoms with E-state index < -0.39 is 0 Å². The van der Waals surface area contributed by atoms with Gasteiger partial charge in [-0.15, -0.1) is 0 Å². The number of likely N-dealkylation sites (N-methyl/N-ethyl adjacent to an activating group) is 1. The van der Waals surface area contributed by atoms with Gasteiger partial charge in [0.25, 0.3) is 0 Å². The Morgan fingerprint density at radius 1 is 1.30 bits per heavy atom. The fraction of sp³-hybridized carbons (Fsp3) is 0.933. The Balaban J connectivity index is 1.70. The number of thioether (sulfide) groups is 1. The van der Waals surface area contributed by atoms with Crippen molar-refractivity contribution >= 4 is 17.7 Å². The van der Waals surface area contributed by atoms with Crippen LogP contribution in [0.1, 0.15) is 33.1 Å². The van der Waals surface area contributed by atoms with Crippen molar-refractivity contribution in [2.75, 3.05) is 38.2 Å². The van der Waals surface area contributed by atoms with E-state index in [2.05, 4.69) is 41.1 Å². The third-order valence-corrected chi connectivity index (χ3v) is 5.94. The zero-order chi connectivity index (χ0) is 14.6. The maximum atomic E-state index is 11.4. The number of nitrogens with zero attached hydrogens (tertiary/aromatic N) is 1. The zero-order valence-electron chi connectivity index (χ0n) is 13.1. The summed E-state index contributed by atoms with van der Waals surface area (Å²) in [4.78, 5) is 13.6. The lowest BCUT2D eigenvalue weighted by molar-refractivity contribution is -0.122. The number of likely N-dealkylation sites (tertiary alicyclic amines) is 1. The summed E-state index contributed by atoms with van der Waals surface area (Å²) < 4.78 is 0. The molecule has 1 atom stereocenters. The minimum absolute atomic E-state index is 0.127. The Hall–Kier alpha value is -0.260. The van der Waals surface area contributed by atoms with E-state index in [1.807, 2.05) is 0 Å². The van der Waals surface area contributed by atoms with Crippen LogP contribution in [0, 0.1) is 5.41 Å². The fourth-order valence-corrected chi connectivity index (χ4v) is 4.53. The van der Waals surface area contributed by atoms with Crippen LogP contribution in [0.4, 0.5) is 0 Å². The predicted molar refractivity (Wildman–Crippen MR) is 86.2 cm³/mol. The number of piperidine rings is 1. The summed E-state index contributed by atoms with van der Waals surface area (Å²) in [6.07, 6.45) is 3.62. The third-order valence-electron chi connectivity index (χ3n) is 4.32. The fourth-order valence-electron chi connectivity index (χ4n) is 3.24. The minimum Gasteiger partial charge on any atom is -0.358 e. The zero-order valence-corrected chi connectivity index (χ0v) is 13.9. The van der Waals surface area contributed by atoms with E-state index in [9.17, 15) is 4.79 Å². The molecule has 2 fully saturated rings. The molecule has 20 heavy (non-hydrogen) atoms. The van der Waals surface area contributed by atoms with Crippen molar-refractivity contribution in [1.29, 1.82) is 0 Å². The number of nitrogens with one attached hydrogen (secondary N) is 2. The highest BCUT2D eigenvalue weighted by atomic mass is 32.2. The van der Waals surface area contributed by atoms with Crippen LogP contribution >= 0.6 is 11.8 Å². The third kappa shape index (κ3) is 4.93. The molecule has 4 nitrogen and oxygen atoms in total. The molecule has 0 aromatic heterocycles. The molecule has 2 aliphatic heterocycles. The average Bonchev–Trinajstić information content (AvgIpc) is 2.40. The molecule has 0 saturated carbocycles. The van der Waals surface area contributed by atoms with Gasteiger partial charge in [0.05, 0.1) is 6.54 Å². The number of rotatable bonds is 4. The molecule has 2 heterocycles. The van der Waals surface area contributed by atoms with Crippen LogP contribution in [0.25, 0.3) is 0 Å². The van der Waals surface area contributed by atoms with Crippen LogP contribution < -0.4 is 10.6 Å².